The first-order valence-corrected chi connectivity index (χ1v) is 10.7. The summed E-state index contributed by atoms with van der Waals surface area (Å²) in [5, 5.41) is 2.80. The van der Waals surface area contributed by atoms with Gasteiger partial charge in [0.15, 0.2) is 5.78 Å². The maximum Gasteiger partial charge on any atom is 0.302 e. The number of thiophene rings is 1. The van der Waals surface area contributed by atoms with Crippen molar-refractivity contribution in [1.82, 2.24) is 5.32 Å². The monoisotopic (exact) mass is 445 g/mol. The summed E-state index contributed by atoms with van der Waals surface area (Å²) in [7, 11) is 0. The lowest BCUT2D eigenvalue weighted by Crippen LogP contribution is -2.55. The zero-order valence-electron chi connectivity index (χ0n) is 18.2. The van der Waals surface area contributed by atoms with E-state index in [2.05, 4.69) is 5.32 Å². The maximum absolute atomic E-state index is 11.8. The van der Waals surface area contributed by atoms with Crippen LogP contribution in [0, 0.1) is 0 Å². The number of amides is 1. The number of esters is 2. The number of carbonyl (C=O) groups excluding carboxylic acids is 4. The van der Waals surface area contributed by atoms with Crippen LogP contribution < -0.4 is 5.32 Å². The Morgan fingerprint density at radius 1 is 0.871 bits per heavy atom. The number of ketones is 1. The zero-order chi connectivity index (χ0) is 23.0. The summed E-state index contributed by atoms with van der Waals surface area (Å²) >= 11 is 1.45. The van der Waals surface area contributed by atoms with Crippen LogP contribution >= 0.6 is 11.3 Å². The van der Waals surface area contributed by atoms with Gasteiger partial charge in [-0.3, -0.25) is 19.2 Å². The highest BCUT2D eigenvalue weighted by atomic mass is 32.1. The maximum atomic E-state index is 11.8. The molecular weight excluding hydrogens is 418 g/mol. The van der Waals surface area contributed by atoms with E-state index in [1.807, 2.05) is 36.4 Å². The molecule has 2 aromatic rings. The van der Waals surface area contributed by atoms with Crippen molar-refractivity contribution < 1.29 is 28.7 Å². The third-order valence-corrected chi connectivity index (χ3v) is 5.86. The Morgan fingerprint density at radius 2 is 1.45 bits per heavy atom. The van der Waals surface area contributed by atoms with E-state index in [0.717, 1.165) is 20.9 Å². The Balaban J connectivity index is 2.15. The average Bonchev–Trinajstić information content (AvgIpc) is 3.19. The first-order chi connectivity index (χ1) is 14.6. The molecule has 0 bridgehead atoms. The molecule has 1 aromatic carbocycles. The van der Waals surface area contributed by atoms with Crippen LogP contribution in [0.3, 0.4) is 0 Å². The molecule has 0 spiro atoms. The van der Waals surface area contributed by atoms with Crippen molar-refractivity contribution >= 4 is 35.0 Å². The summed E-state index contributed by atoms with van der Waals surface area (Å²) in [6.45, 7) is 5.27. The van der Waals surface area contributed by atoms with Crippen molar-refractivity contribution in [2.24, 2.45) is 0 Å². The van der Waals surface area contributed by atoms with Crippen LogP contribution in [0.2, 0.25) is 0 Å². The third-order valence-electron chi connectivity index (χ3n) is 4.63. The highest BCUT2D eigenvalue weighted by Gasteiger charge is 2.34. The van der Waals surface area contributed by atoms with Crippen molar-refractivity contribution in [3.8, 4) is 10.4 Å². The first kappa shape index (κ1) is 24.3. The van der Waals surface area contributed by atoms with Crippen molar-refractivity contribution in [1.29, 1.82) is 0 Å². The van der Waals surface area contributed by atoms with Crippen LogP contribution in [0.1, 0.15) is 49.4 Å². The standard InChI is InChI=1S/C23H27NO6S/c1-15(25)21-9-10-22(31-21)20-7-5-19(6-8-20)11-12-23(24-16(2)26,13-29-17(3)27)14-30-18(4)28/h5-10H,11-14H2,1-4H3,(H,24,26). The van der Waals surface area contributed by atoms with Crippen molar-refractivity contribution in [2.45, 2.75) is 46.1 Å². The van der Waals surface area contributed by atoms with E-state index >= 15 is 0 Å². The summed E-state index contributed by atoms with van der Waals surface area (Å²) in [5.74, 6) is -1.23. The number of rotatable bonds is 10. The van der Waals surface area contributed by atoms with Gasteiger partial charge in [0.05, 0.1) is 4.88 Å². The Hall–Kier alpha value is -3.00. The first-order valence-electron chi connectivity index (χ1n) is 9.86. The van der Waals surface area contributed by atoms with Crippen molar-refractivity contribution in [3.63, 3.8) is 0 Å². The van der Waals surface area contributed by atoms with Gasteiger partial charge in [0.1, 0.15) is 18.8 Å². The van der Waals surface area contributed by atoms with Crippen LogP contribution in [0.15, 0.2) is 36.4 Å². The number of hydrogen-bond donors (Lipinski definition) is 1. The fraction of sp³-hybridized carbons (Fsp3) is 0.391. The number of nitrogens with one attached hydrogen (secondary N) is 1. The molecule has 0 aliphatic carbocycles. The second-order valence-corrected chi connectivity index (χ2v) is 8.52. The summed E-state index contributed by atoms with van der Waals surface area (Å²) in [6, 6.07) is 11.6. The molecule has 7 nitrogen and oxygen atoms in total. The van der Waals surface area contributed by atoms with Gasteiger partial charge in [0.2, 0.25) is 5.91 Å². The fourth-order valence-electron chi connectivity index (χ4n) is 3.08. The fourth-order valence-corrected chi connectivity index (χ4v) is 3.98. The second-order valence-electron chi connectivity index (χ2n) is 7.44. The van der Waals surface area contributed by atoms with Crippen LogP contribution in [0.25, 0.3) is 10.4 Å². The van der Waals surface area contributed by atoms with Crippen LogP contribution in [-0.4, -0.2) is 42.4 Å². The molecule has 0 atom stereocenters. The van der Waals surface area contributed by atoms with E-state index < -0.39 is 17.5 Å². The van der Waals surface area contributed by atoms with E-state index in [0.29, 0.717) is 12.8 Å². The predicted molar refractivity (Wildman–Crippen MR) is 118 cm³/mol. The minimum Gasteiger partial charge on any atom is -0.463 e. The molecule has 0 radical (unpaired) electrons. The molecule has 1 aromatic heterocycles. The van der Waals surface area contributed by atoms with Crippen molar-refractivity contribution in [2.75, 3.05) is 13.2 Å². The van der Waals surface area contributed by atoms with Crippen molar-refractivity contribution in [3.05, 3.63) is 46.8 Å². The molecule has 0 saturated heterocycles. The minimum atomic E-state index is -1.02. The summed E-state index contributed by atoms with van der Waals surface area (Å²) < 4.78 is 10.3. The Kier molecular flexibility index (Phi) is 8.50. The van der Waals surface area contributed by atoms with Gasteiger partial charge in [0, 0.05) is 25.6 Å². The van der Waals surface area contributed by atoms with E-state index in [4.69, 9.17) is 9.47 Å². The highest BCUT2D eigenvalue weighted by molar-refractivity contribution is 7.17. The van der Waals surface area contributed by atoms with Gasteiger partial charge in [-0.2, -0.15) is 0 Å². The Bertz CT molecular complexity index is 929. The van der Waals surface area contributed by atoms with Crippen LogP contribution in [0.5, 0.6) is 0 Å². The SMILES string of the molecule is CC(=O)NC(CCc1ccc(-c2ccc(C(C)=O)s2)cc1)(COC(C)=O)COC(C)=O. The second kappa shape index (κ2) is 10.9. The molecular formula is C23H27NO6S. The molecule has 1 N–H and O–H groups in total. The molecule has 31 heavy (non-hydrogen) atoms. The summed E-state index contributed by atoms with van der Waals surface area (Å²) in [6.07, 6.45) is 0.964. The zero-order valence-corrected chi connectivity index (χ0v) is 19.0. The summed E-state index contributed by atoms with van der Waals surface area (Å²) in [5.41, 5.74) is 0.994. The molecule has 0 aliphatic rings. The topological polar surface area (TPSA) is 98.8 Å². The number of ether oxygens (including phenoxy) is 2. The number of carbonyl (C=O) groups is 4. The van der Waals surface area contributed by atoms with Gasteiger partial charge in [-0.05, 0) is 43.0 Å². The molecule has 0 unspecified atom stereocenters. The average molecular weight is 446 g/mol. The molecule has 0 saturated carbocycles. The van der Waals surface area contributed by atoms with Crippen LogP contribution in [-0.2, 0) is 30.3 Å². The van der Waals surface area contributed by atoms with E-state index in [1.165, 1.54) is 32.1 Å². The Morgan fingerprint density at radius 3 is 1.90 bits per heavy atom. The summed E-state index contributed by atoms with van der Waals surface area (Å²) in [4.78, 5) is 47.7. The van der Waals surface area contributed by atoms with E-state index in [9.17, 15) is 19.2 Å². The normalized spacial score (nSPS) is 11.0. The number of benzene rings is 1. The van der Waals surface area contributed by atoms with Gasteiger partial charge < -0.3 is 14.8 Å². The molecule has 0 fully saturated rings. The number of hydrogen-bond acceptors (Lipinski definition) is 7. The lowest BCUT2D eigenvalue weighted by molar-refractivity contribution is -0.150. The lowest BCUT2D eigenvalue weighted by atomic mass is 9.92. The van der Waals surface area contributed by atoms with Gasteiger partial charge in [-0.1, -0.05) is 24.3 Å². The molecule has 166 valence electrons. The lowest BCUT2D eigenvalue weighted by Gasteiger charge is -2.33. The highest BCUT2D eigenvalue weighted by Crippen LogP contribution is 2.29. The molecule has 2 rings (SSSR count). The quantitative estimate of drug-likeness (QED) is 0.444. The molecule has 0 aliphatic heterocycles. The number of Topliss-reactive ketones (excluding diaryl/α,β-unsaturated/α-hetero) is 1. The van der Waals surface area contributed by atoms with E-state index in [1.54, 1.807) is 6.92 Å². The minimum absolute atomic E-state index is 0.0442. The van der Waals surface area contributed by atoms with Gasteiger partial charge in [-0.25, -0.2) is 0 Å². The smallest absolute Gasteiger partial charge is 0.302 e. The molecule has 1 amide bonds. The molecule has 8 heteroatoms. The van der Waals surface area contributed by atoms with Crippen LogP contribution in [0.4, 0.5) is 0 Å². The molecule has 1 heterocycles. The van der Waals surface area contributed by atoms with Gasteiger partial charge >= 0.3 is 11.9 Å². The Labute approximate surface area is 185 Å². The number of aryl methyl sites for hydroxylation is 1. The van der Waals surface area contributed by atoms with Gasteiger partial charge in [-0.15, -0.1) is 11.3 Å². The largest absolute Gasteiger partial charge is 0.463 e. The van der Waals surface area contributed by atoms with E-state index in [-0.39, 0.29) is 24.9 Å². The van der Waals surface area contributed by atoms with Gasteiger partial charge in [0.25, 0.3) is 0 Å². The predicted octanol–water partition coefficient (Wildman–Crippen LogP) is 3.55. The third kappa shape index (κ3) is 7.64.